The minimum absolute atomic E-state index is 0. The van der Waals surface area contributed by atoms with E-state index in [-0.39, 0.29) is 18.9 Å². The van der Waals surface area contributed by atoms with E-state index in [0.717, 1.165) is 0 Å². The Morgan fingerprint density at radius 3 is 1.56 bits per heavy atom. The van der Waals surface area contributed by atoms with Crippen molar-refractivity contribution < 1.29 is 36.7 Å². The van der Waals surface area contributed by atoms with Crippen LogP contribution in [0.4, 0.5) is 0 Å². The van der Waals surface area contributed by atoms with Crippen LogP contribution in [0.3, 0.4) is 0 Å². The smallest absolute Gasteiger partial charge is 0.757 e. The maximum Gasteiger partial charge on any atom is 1.00 e. The summed E-state index contributed by atoms with van der Waals surface area (Å²) in [7, 11) is -8.78. The second kappa shape index (κ2) is 8.03. The molecule has 0 aliphatic heterocycles. The molecule has 0 saturated heterocycles. The van der Waals surface area contributed by atoms with Crippen LogP contribution < -0.4 is 23.8 Å². The fraction of sp³-hybridized carbons (Fsp3) is 0.600. The van der Waals surface area contributed by atoms with E-state index in [4.69, 9.17) is 8.43 Å². The van der Waals surface area contributed by atoms with Crippen LogP contribution in [0.2, 0.25) is 38.3 Å². The van der Waals surface area contributed by atoms with Crippen LogP contribution in [0.25, 0.3) is 0 Å². The second-order valence-corrected chi connectivity index (χ2v) is 15.3. The first-order chi connectivity index (χ1) is 7.54. The van der Waals surface area contributed by atoms with Gasteiger partial charge in [0.1, 0.15) is 0 Å². The molecule has 8 heteroatoms. The van der Waals surface area contributed by atoms with Crippen molar-refractivity contribution in [1.82, 2.24) is 0 Å². The van der Waals surface area contributed by atoms with Gasteiger partial charge >= 0.3 is 18.9 Å². The Hall–Kier alpha value is 0.621. The Morgan fingerprint density at radius 1 is 1.06 bits per heavy atom. The van der Waals surface area contributed by atoms with Gasteiger partial charge in [-0.2, -0.15) is 0 Å². The second-order valence-electron chi connectivity index (χ2n) is 5.13. The third kappa shape index (κ3) is 9.54. The van der Waals surface area contributed by atoms with E-state index in [2.05, 4.69) is 13.2 Å². The zero-order valence-corrected chi connectivity index (χ0v) is 15.0. The van der Waals surface area contributed by atoms with E-state index >= 15 is 0 Å². The molecule has 100 valence electrons. The molecule has 0 atom stereocenters. The Balaban J connectivity index is 0. The summed E-state index contributed by atoms with van der Waals surface area (Å²) in [6, 6.07) is 1.15. The van der Waals surface area contributed by atoms with Crippen LogP contribution in [0.5, 0.6) is 0 Å². The van der Waals surface area contributed by atoms with Gasteiger partial charge in [-0.15, -0.1) is 13.2 Å². The van der Waals surface area contributed by atoms with Gasteiger partial charge in [-0.25, -0.2) is 0 Å². The maximum absolute atomic E-state index is 11.8. The summed E-state index contributed by atoms with van der Waals surface area (Å²) in [6.07, 6.45) is 3.36. The van der Waals surface area contributed by atoms with Crippen molar-refractivity contribution in [3.8, 4) is 0 Å². The average Bonchev–Trinajstić information content (AvgIpc) is 1.96. The van der Waals surface area contributed by atoms with E-state index in [1.165, 1.54) is 0 Å². The molecule has 0 aliphatic rings. The van der Waals surface area contributed by atoms with Gasteiger partial charge in [-0.1, -0.05) is 12.2 Å². The van der Waals surface area contributed by atoms with Gasteiger partial charge in [-0.05, 0) is 38.3 Å². The zero-order chi connectivity index (χ0) is 13.7. The quantitative estimate of drug-likeness (QED) is 0.367. The summed E-state index contributed by atoms with van der Waals surface area (Å²) in [5, 5.41) is 0. The molecule has 0 spiro atoms. The van der Waals surface area contributed by atoms with Gasteiger partial charge in [-0.3, -0.25) is 4.57 Å². The normalized spacial score (nSPS) is 12.7. The Labute approximate surface area is 125 Å². The minimum atomic E-state index is -4.22. The Morgan fingerprint density at radius 2 is 1.33 bits per heavy atom. The summed E-state index contributed by atoms with van der Waals surface area (Å²) < 4.78 is 22.2. The SMILES string of the molecule is C=CC[Si](C)(C)OP(=O)([O-])O[Si](C)(C)CC=C.[Li+]. The van der Waals surface area contributed by atoms with Crippen molar-refractivity contribution in [2.45, 2.75) is 38.3 Å². The van der Waals surface area contributed by atoms with Crippen molar-refractivity contribution in [2.75, 3.05) is 0 Å². The summed E-state index contributed by atoms with van der Waals surface area (Å²) >= 11 is 0. The first kappa shape index (κ1) is 20.9. The van der Waals surface area contributed by atoms with Crippen molar-refractivity contribution in [1.29, 1.82) is 0 Å². The molecule has 0 N–H and O–H groups in total. The molecule has 0 saturated carbocycles. The van der Waals surface area contributed by atoms with Gasteiger partial charge in [0.25, 0.3) is 0 Å². The maximum atomic E-state index is 11.8. The number of phosphoric acid groups is 1. The minimum Gasteiger partial charge on any atom is -0.757 e. The van der Waals surface area contributed by atoms with Crippen LogP contribution in [-0.2, 0) is 13.0 Å². The van der Waals surface area contributed by atoms with E-state index in [1.807, 2.05) is 26.2 Å². The molecule has 0 aromatic carbocycles. The van der Waals surface area contributed by atoms with Crippen molar-refractivity contribution in [3.63, 3.8) is 0 Å². The van der Waals surface area contributed by atoms with Crippen LogP contribution >= 0.6 is 7.82 Å². The first-order valence-electron chi connectivity index (χ1n) is 5.48. The summed E-state index contributed by atoms with van der Waals surface area (Å²) in [6.45, 7) is 14.5. The predicted octanol–water partition coefficient (Wildman–Crippen LogP) is 0.274. The number of rotatable bonds is 8. The van der Waals surface area contributed by atoms with Crippen LogP contribution in [-0.4, -0.2) is 16.6 Å². The number of hydrogen-bond donors (Lipinski definition) is 0. The van der Waals surface area contributed by atoms with Crippen molar-refractivity contribution >= 4 is 24.5 Å². The van der Waals surface area contributed by atoms with E-state index in [0.29, 0.717) is 12.1 Å². The molecule has 0 rings (SSSR count). The van der Waals surface area contributed by atoms with E-state index in [9.17, 15) is 9.46 Å². The molecule has 0 aromatic rings. The van der Waals surface area contributed by atoms with E-state index < -0.39 is 24.5 Å². The molecular formula is C10H22LiO4PSi2. The molecular weight excluding hydrogens is 278 g/mol. The topological polar surface area (TPSA) is 58.6 Å². The van der Waals surface area contributed by atoms with Crippen LogP contribution in [0.1, 0.15) is 0 Å². The first-order valence-corrected chi connectivity index (χ1v) is 13.2. The van der Waals surface area contributed by atoms with Crippen LogP contribution in [0, 0.1) is 0 Å². The fourth-order valence-electron chi connectivity index (χ4n) is 1.39. The largest absolute Gasteiger partial charge is 1.00 e. The summed E-state index contributed by atoms with van der Waals surface area (Å²) in [5.41, 5.74) is 0. The van der Waals surface area contributed by atoms with Crippen molar-refractivity contribution in [3.05, 3.63) is 25.3 Å². The molecule has 0 heterocycles. The third-order valence-corrected chi connectivity index (χ3v) is 10.3. The van der Waals surface area contributed by atoms with Crippen LogP contribution in [0.15, 0.2) is 25.3 Å². The van der Waals surface area contributed by atoms with E-state index in [1.54, 1.807) is 12.2 Å². The Kier molecular flexibility index (Phi) is 9.34. The molecule has 0 unspecified atom stereocenters. The van der Waals surface area contributed by atoms with Crippen molar-refractivity contribution in [2.24, 2.45) is 0 Å². The van der Waals surface area contributed by atoms with Gasteiger partial charge in [0.2, 0.25) is 7.82 Å². The van der Waals surface area contributed by atoms with Gasteiger partial charge in [0, 0.05) is 0 Å². The molecule has 0 bridgehead atoms. The third-order valence-electron chi connectivity index (χ3n) is 1.99. The van der Waals surface area contributed by atoms with Gasteiger partial charge in [0.15, 0.2) is 16.6 Å². The average molecular weight is 300 g/mol. The standard InChI is InChI=1S/C10H23O4PSi2.Li/c1-7-9-16(3,4)13-15(11,12)14-17(5,6)10-8-2;/h7-8H,1-2,9-10H2,3-6H3,(H,11,12);/q;+1/p-1. The molecule has 0 aliphatic carbocycles. The van der Waals surface area contributed by atoms with Gasteiger partial charge in [0.05, 0.1) is 0 Å². The fourth-order valence-corrected chi connectivity index (χ4v) is 8.71. The predicted molar refractivity (Wildman–Crippen MR) is 74.7 cm³/mol. The summed E-state index contributed by atoms with van der Waals surface area (Å²) in [4.78, 5) is 11.8. The van der Waals surface area contributed by atoms with Gasteiger partial charge < -0.3 is 13.3 Å². The zero-order valence-electron chi connectivity index (χ0n) is 12.1. The summed E-state index contributed by atoms with van der Waals surface area (Å²) in [5.74, 6) is 0. The molecule has 0 radical (unpaired) electrons. The molecule has 0 aromatic heterocycles. The molecule has 4 nitrogen and oxygen atoms in total. The number of allylic oxidation sites excluding steroid dienone is 2. The molecule has 0 fully saturated rings. The number of hydrogen-bond acceptors (Lipinski definition) is 4. The Bertz CT molecular complexity index is 306. The molecule has 18 heavy (non-hydrogen) atoms. The monoisotopic (exact) mass is 300 g/mol. The molecule has 0 amide bonds.